The van der Waals surface area contributed by atoms with E-state index in [-0.39, 0.29) is 4.90 Å². The molecule has 1 amide bonds. The second-order valence-corrected chi connectivity index (χ2v) is 7.41. The van der Waals surface area contributed by atoms with Crippen LogP contribution in [0.5, 0.6) is 5.75 Å². The van der Waals surface area contributed by atoms with Gasteiger partial charge in [-0.25, -0.2) is 13.1 Å². The molecule has 134 valence electrons. The molecule has 0 saturated carbocycles. The highest BCUT2D eigenvalue weighted by Crippen LogP contribution is 2.27. The highest BCUT2D eigenvalue weighted by atomic mass is 32.2. The average molecular weight is 365 g/mol. The van der Waals surface area contributed by atoms with Crippen LogP contribution in [-0.2, 0) is 14.8 Å². The average Bonchev–Trinajstić information content (AvgIpc) is 3.27. The number of carbonyl (C=O) groups excluding carboxylic acids is 1. The first-order valence-electron chi connectivity index (χ1n) is 7.92. The number of nitrogens with zero attached hydrogens (tertiary/aromatic N) is 4. The van der Waals surface area contributed by atoms with Crippen molar-refractivity contribution in [3.63, 3.8) is 0 Å². The third-order valence-corrected chi connectivity index (χ3v) is 5.83. The number of sulfonamides is 1. The van der Waals surface area contributed by atoms with E-state index in [0.29, 0.717) is 31.7 Å². The number of rotatable bonds is 6. The topological polar surface area (TPSA) is 106 Å². The molecule has 2 aromatic rings. The van der Waals surface area contributed by atoms with Gasteiger partial charge < -0.3 is 4.74 Å². The van der Waals surface area contributed by atoms with E-state index in [4.69, 9.17) is 4.74 Å². The van der Waals surface area contributed by atoms with Crippen molar-refractivity contribution >= 4 is 15.9 Å². The highest BCUT2D eigenvalue weighted by molar-refractivity contribution is 7.89. The zero-order valence-electron chi connectivity index (χ0n) is 13.7. The number of ether oxygens (including phenoxy) is 1. The molecule has 3 rings (SSSR count). The van der Waals surface area contributed by atoms with Gasteiger partial charge in [-0.1, -0.05) is 0 Å². The van der Waals surface area contributed by atoms with Crippen molar-refractivity contribution in [3.8, 4) is 5.75 Å². The van der Waals surface area contributed by atoms with E-state index in [1.807, 2.05) is 6.92 Å². The molecule has 10 heteroatoms. The molecule has 1 atom stereocenters. The van der Waals surface area contributed by atoms with Crippen LogP contribution in [0.2, 0.25) is 0 Å². The molecule has 0 aliphatic carbocycles. The summed E-state index contributed by atoms with van der Waals surface area (Å²) in [5.74, 6) is 0.191. The van der Waals surface area contributed by atoms with Gasteiger partial charge in [0.1, 0.15) is 24.4 Å². The molecule has 0 radical (unpaired) electrons. The largest absolute Gasteiger partial charge is 0.494 e. The fourth-order valence-electron chi connectivity index (χ4n) is 2.76. The molecule has 9 nitrogen and oxygen atoms in total. The van der Waals surface area contributed by atoms with E-state index in [1.165, 1.54) is 33.8 Å². The van der Waals surface area contributed by atoms with Crippen molar-refractivity contribution < 1.29 is 17.9 Å². The molecule has 0 spiro atoms. The lowest BCUT2D eigenvalue weighted by Gasteiger charge is -2.23. The van der Waals surface area contributed by atoms with E-state index < -0.39 is 22.0 Å². The van der Waals surface area contributed by atoms with Gasteiger partial charge in [-0.05, 0) is 44.0 Å². The maximum atomic E-state index is 12.9. The highest BCUT2D eigenvalue weighted by Gasteiger charge is 2.39. The van der Waals surface area contributed by atoms with E-state index in [9.17, 15) is 13.2 Å². The molecule has 2 heterocycles. The van der Waals surface area contributed by atoms with Crippen molar-refractivity contribution in [3.05, 3.63) is 36.9 Å². The maximum absolute atomic E-state index is 12.9. The van der Waals surface area contributed by atoms with Gasteiger partial charge in [0, 0.05) is 6.54 Å². The first kappa shape index (κ1) is 17.4. The quantitative estimate of drug-likeness (QED) is 0.803. The van der Waals surface area contributed by atoms with Crippen LogP contribution in [0.4, 0.5) is 0 Å². The van der Waals surface area contributed by atoms with Gasteiger partial charge in [-0.3, -0.25) is 10.2 Å². The number of amides is 1. The van der Waals surface area contributed by atoms with Gasteiger partial charge >= 0.3 is 0 Å². The third kappa shape index (κ3) is 3.64. The lowest BCUT2D eigenvalue weighted by atomic mass is 10.2. The first-order chi connectivity index (χ1) is 12.0. The Balaban J connectivity index is 1.79. The number of nitrogens with one attached hydrogen (secondary N) is 1. The summed E-state index contributed by atoms with van der Waals surface area (Å²) >= 11 is 0. The molecule has 1 N–H and O–H groups in total. The van der Waals surface area contributed by atoms with E-state index in [0.717, 1.165) is 0 Å². The molecule has 1 fully saturated rings. The summed E-state index contributed by atoms with van der Waals surface area (Å²) in [6, 6.07) is 5.44. The zero-order valence-corrected chi connectivity index (χ0v) is 14.5. The summed E-state index contributed by atoms with van der Waals surface area (Å²) in [5.41, 5.74) is 2.57. The van der Waals surface area contributed by atoms with E-state index in [1.54, 1.807) is 12.1 Å². The summed E-state index contributed by atoms with van der Waals surface area (Å²) in [4.78, 5) is 12.6. The molecule has 0 bridgehead atoms. The zero-order chi connectivity index (χ0) is 17.9. The summed E-state index contributed by atoms with van der Waals surface area (Å²) in [6.07, 6.45) is 3.75. The number of carbonyl (C=O) groups is 1. The molecular weight excluding hydrogens is 346 g/mol. The van der Waals surface area contributed by atoms with Crippen molar-refractivity contribution in [2.45, 2.75) is 30.7 Å². The monoisotopic (exact) mass is 365 g/mol. The Labute approximate surface area is 145 Å². The number of aromatic nitrogens is 3. The summed E-state index contributed by atoms with van der Waals surface area (Å²) < 4.78 is 33.7. The molecular formula is C15H19N5O4S. The van der Waals surface area contributed by atoms with Gasteiger partial charge in [0.05, 0.1) is 11.5 Å². The second kappa shape index (κ2) is 7.19. The van der Waals surface area contributed by atoms with Crippen LogP contribution in [0.3, 0.4) is 0 Å². The van der Waals surface area contributed by atoms with Crippen molar-refractivity contribution in [2.24, 2.45) is 0 Å². The van der Waals surface area contributed by atoms with Crippen molar-refractivity contribution in [2.75, 3.05) is 18.6 Å². The predicted octanol–water partition coefficient (Wildman–Crippen LogP) is 0.600. The first-order valence-corrected chi connectivity index (χ1v) is 9.36. The predicted molar refractivity (Wildman–Crippen MR) is 88.9 cm³/mol. The van der Waals surface area contributed by atoms with Crippen LogP contribution >= 0.6 is 0 Å². The summed E-state index contributed by atoms with van der Waals surface area (Å²) in [5, 5.41) is 7.19. The molecule has 1 saturated heterocycles. The Morgan fingerprint density at radius 1 is 1.28 bits per heavy atom. The summed E-state index contributed by atoms with van der Waals surface area (Å²) in [7, 11) is -3.77. The lowest BCUT2D eigenvalue weighted by Crippen LogP contribution is -2.44. The van der Waals surface area contributed by atoms with Gasteiger partial charge in [0.25, 0.3) is 5.91 Å². The third-order valence-electron chi connectivity index (χ3n) is 3.91. The van der Waals surface area contributed by atoms with Crippen molar-refractivity contribution in [1.82, 2.24) is 19.2 Å². The Hall–Kier alpha value is -2.46. The van der Waals surface area contributed by atoms with Gasteiger partial charge in [0.2, 0.25) is 10.0 Å². The van der Waals surface area contributed by atoms with Crippen molar-refractivity contribution in [1.29, 1.82) is 0 Å². The van der Waals surface area contributed by atoms with Crippen LogP contribution in [0.25, 0.3) is 0 Å². The molecule has 1 aliphatic heterocycles. The van der Waals surface area contributed by atoms with Crippen LogP contribution in [0, 0.1) is 0 Å². The minimum Gasteiger partial charge on any atom is -0.494 e. The molecule has 1 aliphatic rings. The second-order valence-electron chi connectivity index (χ2n) is 5.52. The van der Waals surface area contributed by atoms with Gasteiger partial charge in [-0.15, -0.1) is 10.2 Å². The molecule has 0 unspecified atom stereocenters. The Morgan fingerprint density at radius 2 is 1.96 bits per heavy atom. The summed E-state index contributed by atoms with van der Waals surface area (Å²) in [6.45, 7) is 2.66. The number of hydrogen-bond acceptors (Lipinski definition) is 6. The molecule has 25 heavy (non-hydrogen) atoms. The van der Waals surface area contributed by atoms with Gasteiger partial charge in [0.15, 0.2) is 0 Å². The number of benzene rings is 1. The fourth-order valence-corrected chi connectivity index (χ4v) is 4.42. The van der Waals surface area contributed by atoms with Gasteiger partial charge in [-0.2, -0.15) is 4.31 Å². The normalized spacial score (nSPS) is 18.2. The minimum atomic E-state index is -3.77. The maximum Gasteiger partial charge on any atom is 0.257 e. The van der Waals surface area contributed by atoms with Crippen LogP contribution in [0.15, 0.2) is 41.8 Å². The minimum absolute atomic E-state index is 0.139. The van der Waals surface area contributed by atoms with Crippen LogP contribution in [-0.4, -0.2) is 52.7 Å². The SMILES string of the molecule is CCOc1ccc(S(=O)(=O)N2CCC[C@@H]2C(=O)Nn2cnnc2)cc1. The van der Waals surface area contributed by atoms with E-state index >= 15 is 0 Å². The Morgan fingerprint density at radius 3 is 2.60 bits per heavy atom. The number of hydrogen-bond donors (Lipinski definition) is 1. The molecule has 1 aromatic heterocycles. The Bertz CT molecular complexity index is 820. The van der Waals surface area contributed by atoms with E-state index in [2.05, 4.69) is 15.6 Å². The smallest absolute Gasteiger partial charge is 0.257 e. The van der Waals surface area contributed by atoms with Crippen LogP contribution < -0.4 is 10.2 Å². The Kier molecular flexibility index (Phi) is 5.00. The van der Waals surface area contributed by atoms with Crippen LogP contribution in [0.1, 0.15) is 19.8 Å². The standard InChI is InChI=1S/C15H19N5O4S/c1-2-24-12-5-7-13(8-6-12)25(22,23)20-9-3-4-14(20)15(21)18-19-10-16-17-11-19/h5-8,10-11,14H,2-4,9H2,1H3,(H,18,21)/t14-/m1/s1. The lowest BCUT2D eigenvalue weighted by molar-refractivity contribution is -0.120. The fraction of sp³-hybridized carbons (Fsp3) is 0.400. The molecule has 1 aromatic carbocycles.